The van der Waals surface area contributed by atoms with E-state index < -0.39 is 6.04 Å². The largest absolute Gasteiger partial charge is 0.354 e. The lowest BCUT2D eigenvalue weighted by Gasteiger charge is -2.27. The van der Waals surface area contributed by atoms with Gasteiger partial charge in [0.05, 0.1) is 6.04 Å². The lowest BCUT2D eigenvalue weighted by Crippen LogP contribution is -2.45. The Kier molecular flexibility index (Phi) is 9.59. The fourth-order valence-electron chi connectivity index (χ4n) is 2.22. The van der Waals surface area contributed by atoms with Crippen molar-refractivity contribution in [3.63, 3.8) is 0 Å². The van der Waals surface area contributed by atoms with E-state index in [4.69, 9.17) is 5.73 Å². The Balaban J connectivity index is 0.00000361. The van der Waals surface area contributed by atoms with Crippen LogP contribution in [-0.2, 0) is 9.59 Å². The molecule has 0 aromatic rings. The third kappa shape index (κ3) is 6.09. The predicted molar refractivity (Wildman–Crippen MR) is 82.7 cm³/mol. The van der Waals surface area contributed by atoms with E-state index in [0.717, 1.165) is 32.4 Å². The Hall–Kier alpha value is -0.810. The first-order chi connectivity index (χ1) is 9.06. The first-order valence-electron chi connectivity index (χ1n) is 7.37. The standard InChI is InChI=1S/C14H27N3O2.ClH/c1-3-11(2)13(15)14(19)16-8-7-12(18)17-9-5-4-6-10-17;/h11,13H,3-10,15H2,1-2H3,(H,16,19);1H. The van der Waals surface area contributed by atoms with Crippen LogP contribution in [0.15, 0.2) is 0 Å². The normalized spacial score (nSPS) is 17.9. The van der Waals surface area contributed by atoms with Crippen LogP contribution in [0.4, 0.5) is 0 Å². The Morgan fingerprint density at radius 2 is 1.85 bits per heavy atom. The molecule has 3 N–H and O–H groups in total. The van der Waals surface area contributed by atoms with E-state index in [2.05, 4.69) is 5.32 Å². The number of amides is 2. The van der Waals surface area contributed by atoms with Gasteiger partial charge in [0.15, 0.2) is 0 Å². The Morgan fingerprint density at radius 1 is 1.25 bits per heavy atom. The molecule has 0 aromatic heterocycles. The van der Waals surface area contributed by atoms with E-state index in [1.807, 2.05) is 18.7 Å². The van der Waals surface area contributed by atoms with Crippen molar-refractivity contribution in [1.82, 2.24) is 10.2 Å². The van der Waals surface area contributed by atoms with Gasteiger partial charge in [-0.15, -0.1) is 12.4 Å². The minimum absolute atomic E-state index is 0. The average Bonchev–Trinajstić information content (AvgIpc) is 2.46. The summed E-state index contributed by atoms with van der Waals surface area (Å²) < 4.78 is 0. The van der Waals surface area contributed by atoms with E-state index in [-0.39, 0.29) is 30.1 Å². The first-order valence-corrected chi connectivity index (χ1v) is 7.37. The number of halogens is 1. The van der Waals surface area contributed by atoms with Crippen molar-refractivity contribution in [3.05, 3.63) is 0 Å². The Morgan fingerprint density at radius 3 is 2.40 bits per heavy atom. The van der Waals surface area contributed by atoms with Gasteiger partial charge in [-0.05, 0) is 25.2 Å². The Labute approximate surface area is 128 Å². The van der Waals surface area contributed by atoms with Gasteiger partial charge in [0.2, 0.25) is 11.8 Å². The average molecular weight is 306 g/mol. The fourth-order valence-corrected chi connectivity index (χ4v) is 2.22. The lowest BCUT2D eigenvalue weighted by molar-refractivity contribution is -0.132. The number of nitrogens with zero attached hydrogens (tertiary/aromatic N) is 1. The maximum absolute atomic E-state index is 11.9. The van der Waals surface area contributed by atoms with E-state index in [1.54, 1.807) is 0 Å². The highest BCUT2D eigenvalue weighted by Gasteiger charge is 2.20. The summed E-state index contributed by atoms with van der Waals surface area (Å²) in [5.41, 5.74) is 5.82. The monoisotopic (exact) mass is 305 g/mol. The molecule has 0 aliphatic carbocycles. The highest BCUT2D eigenvalue weighted by atomic mass is 35.5. The number of carbonyl (C=O) groups is 2. The quantitative estimate of drug-likeness (QED) is 0.776. The van der Waals surface area contributed by atoms with Crippen molar-refractivity contribution in [2.45, 2.75) is 52.0 Å². The molecule has 2 atom stereocenters. The number of hydrogen-bond acceptors (Lipinski definition) is 3. The molecule has 1 aliphatic heterocycles. The topological polar surface area (TPSA) is 75.4 Å². The van der Waals surface area contributed by atoms with Crippen LogP contribution < -0.4 is 11.1 Å². The third-order valence-electron chi connectivity index (χ3n) is 3.91. The van der Waals surface area contributed by atoms with Gasteiger partial charge in [0.1, 0.15) is 0 Å². The predicted octanol–water partition coefficient (Wildman–Crippen LogP) is 1.30. The number of hydrogen-bond donors (Lipinski definition) is 2. The first kappa shape index (κ1) is 19.2. The zero-order chi connectivity index (χ0) is 14.3. The number of piperidine rings is 1. The van der Waals surface area contributed by atoms with Gasteiger partial charge >= 0.3 is 0 Å². The van der Waals surface area contributed by atoms with Crippen LogP contribution in [0, 0.1) is 5.92 Å². The van der Waals surface area contributed by atoms with E-state index in [0.29, 0.717) is 13.0 Å². The number of nitrogens with two attached hydrogens (primary N) is 1. The second-order valence-corrected chi connectivity index (χ2v) is 5.39. The van der Waals surface area contributed by atoms with Crippen molar-refractivity contribution in [2.75, 3.05) is 19.6 Å². The summed E-state index contributed by atoms with van der Waals surface area (Å²) in [7, 11) is 0. The molecule has 20 heavy (non-hydrogen) atoms. The van der Waals surface area contributed by atoms with Crippen molar-refractivity contribution in [1.29, 1.82) is 0 Å². The second kappa shape index (κ2) is 10.00. The number of rotatable bonds is 6. The van der Waals surface area contributed by atoms with Crippen LogP contribution in [0.5, 0.6) is 0 Å². The SMILES string of the molecule is CCC(C)C(N)C(=O)NCCC(=O)N1CCCCC1.Cl. The molecule has 118 valence electrons. The highest BCUT2D eigenvalue weighted by molar-refractivity contribution is 5.85. The van der Waals surface area contributed by atoms with Crippen LogP contribution in [0.1, 0.15) is 46.0 Å². The summed E-state index contributed by atoms with van der Waals surface area (Å²) in [5, 5.41) is 2.76. The van der Waals surface area contributed by atoms with Crippen LogP contribution in [-0.4, -0.2) is 42.4 Å². The lowest BCUT2D eigenvalue weighted by atomic mass is 9.99. The summed E-state index contributed by atoms with van der Waals surface area (Å²) in [6.07, 6.45) is 4.65. The van der Waals surface area contributed by atoms with Gasteiger partial charge in [0.25, 0.3) is 0 Å². The van der Waals surface area contributed by atoms with E-state index >= 15 is 0 Å². The van der Waals surface area contributed by atoms with E-state index in [1.165, 1.54) is 6.42 Å². The van der Waals surface area contributed by atoms with Gasteiger partial charge in [-0.3, -0.25) is 9.59 Å². The molecular weight excluding hydrogens is 278 g/mol. The van der Waals surface area contributed by atoms with Gasteiger partial charge in [-0.1, -0.05) is 20.3 Å². The minimum atomic E-state index is -0.477. The molecule has 0 aromatic carbocycles. The molecule has 1 heterocycles. The molecule has 0 spiro atoms. The van der Waals surface area contributed by atoms with Gasteiger partial charge in [-0.2, -0.15) is 0 Å². The van der Waals surface area contributed by atoms with Crippen molar-refractivity contribution >= 4 is 24.2 Å². The van der Waals surface area contributed by atoms with Gasteiger partial charge in [-0.25, -0.2) is 0 Å². The van der Waals surface area contributed by atoms with Crippen LogP contribution in [0.2, 0.25) is 0 Å². The molecule has 5 nitrogen and oxygen atoms in total. The van der Waals surface area contributed by atoms with Crippen LogP contribution in [0.3, 0.4) is 0 Å². The maximum atomic E-state index is 11.9. The summed E-state index contributed by atoms with van der Waals surface area (Å²) in [6.45, 7) is 6.08. The smallest absolute Gasteiger partial charge is 0.237 e. The van der Waals surface area contributed by atoms with Crippen LogP contribution >= 0.6 is 12.4 Å². The zero-order valence-corrected chi connectivity index (χ0v) is 13.4. The number of carbonyl (C=O) groups excluding carboxylic acids is 2. The molecule has 0 radical (unpaired) electrons. The zero-order valence-electron chi connectivity index (χ0n) is 12.6. The van der Waals surface area contributed by atoms with Crippen molar-refractivity contribution in [2.24, 2.45) is 11.7 Å². The summed E-state index contributed by atoms with van der Waals surface area (Å²) in [4.78, 5) is 25.5. The molecular formula is C14H28ClN3O2. The number of nitrogens with one attached hydrogen (secondary N) is 1. The second-order valence-electron chi connectivity index (χ2n) is 5.39. The summed E-state index contributed by atoms with van der Waals surface area (Å²) in [6, 6.07) is -0.477. The maximum Gasteiger partial charge on any atom is 0.237 e. The number of likely N-dealkylation sites (tertiary alicyclic amines) is 1. The molecule has 0 bridgehead atoms. The summed E-state index contributed by atoms with van der Waals surface area (Å²) in [5.74, 6) is 0.149. The molecule has 1 rings (SSSR count). The highest BCUT2D eigenvalue weighted by Crippen LogP contribution is 2.09. The van der Waals surface area contributed by atoms with Crippen molar-refractivity contribution in [3.8, 4) is 0 Å². The Bertz CT molecular complexity index is 293. The summed E-state index contributed by atoms with van der Waals surface area (Å²) >= 11 is 0. The molecule has 1 saturated heterocycles. The molecule has 2 unspecified atom stereocenters. The van der Waals surface area contributed by atoms with Gasteiger partial charge < -0.3 is 16.0 Å². The third-order valence-corrected chi connectivity index (χ3v) is 3.91. The molecule has 6 heteroatoms. The fraction of sp³-hybridized carbons (Fsp3) is 0.857. The van der Waals surface area contributed by atoms with E-state index in [9.17, 15) is 9.59 Å². The molecule has 1 fully saturated rings. The van der Waals surface area contributed by atoms with Crippen molar-refractivity contribution < 1.29 is 9.59 Å². The minimum Gasteiger partial charge on any atom is -0.354 e. The molecule has 1 aliphatic rings. The van der Waals surface area contributed by atoms with Crippen LogP contribution in [0.25, 0.3) is 0 Å². The molecule has 2 amide bonds. The molecule has 0 saturated carbocycles. The van der Waals surface area contributed by atoms with Gasteiger partial charge in [0, 0.05) is 26.1 Å².